The Kier molecular flexibility index (Phi) is 7.12. The fourth-order valence-electron chi connectivity index (χ4n) is 12.1. The lowest BCUT2D eigenvalue weighted by atomic mass is 9.33. The minimum atomic E-state index is -0.0329. The second kappa shape index (κ2) is 11.5. The average Bonchev–Trinajstić information content (AvgIpc) is 3.63. The first-order valence-corrected chi connectivity index (χ1v) is 21.6. The lowest BCUT2D eigenvalue weighted by Gasteiger charge is -2.46. The standard InChI is InChI=1S/C54H55BN2O/c1-31-24-45-48-46(25-31)57(43-28-38-36(26-33(43)3)51(4,5)22-23-52(38,6)7)44-29-39-37(53(8,9)30-54(39,10)11)27-40(44)55(48)49-42(56(45)41-18-14-12-16-32(41)2)21-20-35-34-17-13-15-19-47(34)58-50(35)49/h12-21,24-29H,22-23,30H2,1-11H3. The van der Waals surface area contributed by atoms with Crippen LogP contribution < -0.4 is 26.2 Å². The molecule has 3 nitrogen and oxygen atoms in total. The van der Waals surface area contributed by atoms with E-state index in [0.717, 1.165) is 17.6 Å². The molecule has 2 aliphatic carbocycles. The third-order valence-electron chi connectivity index (χ3n) is 15.0. The van der Waals surface area contributed by atoms with Gasteiger partial charge in [-0.25, -0.2) is 0 Å². The first kappa shape index (κ1) is 35.9. The van der Waals surface area contributed by atoms with Gasteiger partial charge in [-0.3, -0.25) is 0 Å². The van der Waals surface area contributed by atoms with Crippen LogP contribution in [0.15, 0.2) is 101 Å². The molecule has 3 heterocycles. The molecular weight excluding hydrogens is 703 g/mol. The van der Waals surface area contributed by atoms with E-state index in [0.29, 0.717) is 0 Å². The summed E-state index contributed by atoms with van der Waals surface area (Å²) in [7, 11) is 0. The molecule has 0 saturated carbocycles. The minimum absolute atomic E-state index is 0.0329. The molecule has 0 saturated heterocycles. The Morgan fingerprint density at radius 1 is 0.483 bits per heavy atom. The smallest absolute Gasteiger partial charge is 0.257 e. The molecule has 0 bridgehead atoms. The highest BCUT2D eigenvalue weighted by Gasteiger charge is 2.49. The molecule has 0 radical (unpaired) electrons. The fourth-order valence-corrected chi connectivity index (χ4v) is 12.1. The average molecular weight is 759 g/mol. The molecule has 4 heteroatoms. The Labute approximate surface area is 345 Å². The van der Waals surface area contributed by atoms with E-state index in [1.54, 1.807) is 0 Å². The van der Waals surface area contributed by atoms with E-state index in [-0.39, 0.29) is 28.4 Å². The summed E-state index contributed by atoms with van der Waals surface area (Å²) in [5, 5.41) is 2.35. The van der Waals surface area contributed by atoms with Crippen molar-refractivity contribution in [3.8, 4) is 0 Å². The number of anilines is 6. The molecule has 58 heavy (non-hydrogen) atoms. The van der Waals surface area contributed by atoms with Crippen molar-refractivity contribution < 1.29 is 4.42 Å². The maximum absolute atomic E-state index is 7.08. The molecule has 1 aromatic heterocycles. The van der Waals surface area contributed by atoms with Crippen LogP contribution in [0.3, 0.4) is 0 Å². The molecule has 7 aromatic rings. The van der Waals surface area contributed by atoms with Crippen molar-refractivity contribution >= 4 is 79.2 Å². The summed E-state index contributed by atoms with van der Waals surface area (Å²) in [6.07, 6.45) is 3.50. The Bertz CT molecular complexity index is 2940. The quantitative estimate of drug-likeness (QED) is 0.164. The zero-order valence-corrected chi connectivity index (χ0v) is 36.2. The van der Waals surface area contributed by atoms with Crippen LogP contribution in [0.4, 0.5) is 34.1 Å². The van der Waals surface area contributed by atoms with Crippen molar-refractivity contribution in [1.82, 2.24) is 0 Å². The molecule has 0 amide bonds. The van der Waals surface area contributed by atoms with E-state index in [4.69, 9.17) is 4.42 Å². The van der Waals surface area contributed by atoms with Crippen LogP contribution in [-0.2, 0) is 21.7 Å². The third kappa shape index (κ3) is 4.75. The van der Waals surface area contributed by atoms with E-state index in [1.807, 2.05) is 0 Å². The molecule has 2 aliphatic heterocycles. The zero-order valence-electron chi connectivity index (χ0n) is 36.2. The fraction of sp³-hybridized carbons (Fsp3) is 0.333. The summed E-state index contributed by atoms with van der Waals surface area (Å²) in [5.74, 6) is 0. The second-order valence-corrected chi connectivity index (χ2v) is 20.9. The maximum atomic E-state index is 7.08. The molecule has 0 fully saturated rings. The predicted octanol–water partition coefficient (Wildman–Crippen LogP) is 12.9. The predicted molar refractivity (Wildman–Crippen MR) is 248 cm³/mol. The molecule has 290 valence electrons. The first-order chi connectivity index (χ1) is 27.5. The highest BCUT2D eigenvalue weighted by Crippen LogP contribution is 2.55. The van der Waals surface area contributed by atoms with Crippen LogP contribution in [-0.4, -0.2) is 6.71 Å². The summed E-state index contributed by atoms with van der Waals surface area (Å²) < 4.78 is 7.08. The van der Waals surface area contributed by atoms with E-state index < -0.39 is 0 Å². The van der Waals surface area contributed by atoms with Crippen LogP contribution in [0.2, 0.25) is 0 Å². The van der Waals surface area contributed by atoms with Crippen molar-refractivity contribution in [1.29, 1.82) is 0 Å². The van der Waals surface area contributed by atoms with Crippen molar-refractivity contribution in [3.05, 3.63) is 136 Å². The minimum Gasteiger partial charge on any atom is -0.457 e. The van der Waals surface area contributed by atoms with Crippen molar-refractivity contribution in [3.63, 3.8) is 0 Å². The Hall–Kier alpha value is -5.22. The van der Waals surface area contributed by atoms with Gasteiger partial charge in [0, 0.05) is 44.9 Å². The Morgan fingerprint density at radius 2 is 1.07 bits per heavy atom. The third-order valence-corrected chi connectivity index (χ3v) is 15.0. The number of para-hydroxylation sites is 2. The van der Waals surface area contributed by atoms with E-state index in [1.165, 1.54) is 113 Å². The van der Waals surface area contributed by atoms with Crippen molar-refractivity contribution in [2.45, 2.75) is 117 Å². The molecular formula is C54H55BN2O. The summed E-state index contributed by atoms with van der Waals surface area (Å²) >= 11 is 0. The normalized spacial score (nSPS) is 18.8. The summed E-state index contributed by atoms with van der Waals surface area (Å²) in [6.45, 7) is 26.5. The molecule has 0 atom stereocenters. The van der Waals surface area contributed by atoms with Gasteiger partial charge in [0.2, 0.25) is 0 Å². The van der Waals surface area contributed by atoms with Crippen LogP contribution in [0.1, 0.15) is 114 Å². The van der Waals surface area contributed by atoms with Gasteiger partial charge in [0.15, 0.2) is 0 Å². The summed E-state index contributed by atoms with van der Waals surface area (Å²) in [6, 6.07) is 37.5. The van der Waals surface area contributed by atoms with E-state index >= 15 is 0 Å². The van der Waals surface area contributed by atoms with Gasteiger partial charge >= 0.3 is 0 Å². The number of hydrogen-bond donors (Lipinski definition) is 0. The number of rotatable bonds is 2. The van der Waals surface area contributed by atoms with Crippen molar-refractivity contribution in [2.24, 2.45) is 0 Å². The Balaban J connectivity index is 1.31. The monoisotopic (exact) mass is 758 g/mol. The number of aryl methyl sites for hydroxylation is 3. The number of benzene rings is 6. The number of furan rings is 1. The number of fused-ring (bicyclic) bond motifs is 10. The van der Waals surface area contributed by atoms with Gasteiger partial charge in [0.25, 0.3) is 6.71 Å². The van der Waals surface area contributed by atoms with Gasteiger partial charge in [0.05, 0.1) is 0 Å². The van der Waals surface area contributed by atoms with Gasteiger partial charge in [-0.2, -0.15) is 0 Å². The van der Waals surface area contributed by atoms with Gasteiger partial charge in [0.1, 0.15) is 11.2 Å². The van der Waals surface area contributed by atoms with Gasteiger partial charge < -0.3 is 14.2 Å². The van der Waals surface area contributed by atoms with Crippen LogP contribution in [0, 0.1) is 20.8 Å². The van der Waals surface area contributed by atoms with Gasteiger partial charge in [-0.15, -0.1) is 0 Å². The first-order valence-electron chi connectivity index (χ1n) is 21.6. The van der Waals surface area contributed by atoms with Crippen LogP contribution in [0.25, 0.3) is 21.9 Å². The Morgan fingerprint density at radius 3 is 1.78 bits per heavy atom. The van der Waals surface area contributed by atoms with E-state index in [2.05, 4.69) is 183 Å². The van der Waals surface area contributed by atoms with E-state index in [9.17, 15) is 0 Å². The van der Waals surface area contributed by atoms with Crippen molar-refractivity contribution in [2.75, 3.05) is 9.80 Å². The van der Waals surface area contributed by atoms with Crippen LogP contribution in [0.5, 0.6) is 0 Å². The number of nitrogens with zero attached hydrogens (tertiary/aromatic N) is 2. The van der Waals surface area contributed by atoms with Crippen LogP contribution >= 0.6 is 0 Å². The lowest BCUT2D eigenvalue weighted by Crippen LogP contribution is -2.62. The molecule has 6 aromatic carbocycles. The maximum Gasteiger partial charge on any atom is 0.257 e. The summed E-state index contributed by atoms with van der Waals surface area (Å²) in [5.41, 5.74) is 23.6. The second-order valence-electron chi connectivity index (χ2n) is 20.9. The molecule has 0 N–H and O–H groups in total. The summed E-state index contributed by atoms with van der Waals surface area (Å²) in [4.78, 5) is 5.24. The highest BCUT2D eigenvalue weighted by atomic mass is 16.3. The number of hydrogen-bond acceptors (Lipinski definition) is 3. The lowest BCUT2D eigenvalue weighted by molar-refractivity contribution is 0.332. The molecule has 0 spiro atoms. The molecule has 11 rings (SSSR count). The molecule has 4 aliphatic rings. The van der Waals surface area contributed by atoms with Gasteiger partial charge in [-0.1, -0.05) is 104 Å². The largest absolute Gasteiger partial charge is 0.457 e. The highest BCUT2D eigenvalue weighted by molar-refractivity contribution is 7.01. The topological polar surface area (TPSA) is 19.6 Å². The van der Waals surface area contributed by atoms with Gasteiger partial charge in [-0.05, 0) is 166 Å². The SMILES string of the molecule is Cc1cc2c3c(c1)N(c1ccccc1C)c1ccc4c(oc5ccccc54)c1B3c1cc3c(cc1N2c1cc2c(cc1C)C(C)(C)CCC2(C)C)C(C)(C)CC3(C)C. The zero-order chi connectivity index (χ0) is 40.4. The molecule has 0 unspecified atom stereocenters.